The van der Waals surface area contributed by atoms with Gasteiger partial charge in [0.15, 0.2) is 0 Å². The monoisotopic (exact) mass is 280 g/mol. The predicted molar refractivity (Wildman–Crippen MR) is 78.5 cm³/mol. The molecule has 0 fully saturated rings. The van der Waals surface area contributed by atoms with Gasteiger partial charge in [-0.25, -0.2) is 0 Å². The Kier molecular flexibility index (Phi) is 6.05. The van der Waals surface area contributed by atoms with E-state index >= 15 is 0 Å². The number of hydrogen-bond donors (Lipinski definition) is 4. The molecule has 0 aromatic heterocycles. The summed E-state index contributed by atoms with van der Waals surface area (Å²) in [5.74, 6) is -0.296. The van der Waals surface area contributed by atoms with Gasteiger partial charge in [0.25, 0.3) is 0 Å². The van der Waals surface area contributed by atoms with E-state index < -0.39 is 12.2 Å². The summed E-state index contributed by atoms with van der Waals surface area (Å²) in [6.45, 7) is 7.63. The molecule has 3 atom stereocenters. The van der Waals surface area contributed by atoms with Crippen LogP contribution in [0.25, 0.3) is 0 Å². The molecule has 0 bridgehead atoms. The van der Waals surface area contributed by atoms with Crippen LogP contribution in [0, 0.1) is 11.8 Å². The molecule has 0 amide bonds. The van der Waals surface area contributed by atoms with Crippen LogP contribution in [0.1, 0.15) is 38.4 Å². The lowest BCUT2D eigenvalue weighted by molar-refractivity contribution is 0.00196. The molecule has 4 nitrogen and oxygen atoms in total. The van der Waals surface area contributed by atoms with E-state index in [-0.39, 0.29) is 17.4 Å². The lowest BCUT2D eigenvalue weighted by atomic mass is 9.83. The van der Waals surface area contributed by atoms with Crippen LogP contribution in [-0.2, 0) is 0 Å². The maximum atomic E-state index is 10.5. The smallest absolute Gasteiger partial charge is 0.119 e. The minimum atomic E-state index is -0.953. The minimum Gasteiger partial charge on any atom is -0.508 e. The first kappa shape index (κ1) is 16.5. The summed E-state index contributed by atoms with van der Waals surface area (Å²) >= 11 is 0. The van der Waals surface area contributed by atoms with Crippen molar-refractivity contribution < 1.29 is 20.4 Å². The molecule has 4 heteroatoms. The summed E-state index contributed by atoms with van der Waals surface area (Å²) in [4.78, 5) is 0. The van der Waals surface area contributed by atoms with Crippen LogP contribution in [0.4, 0.5) is 0 Å². The fourth-order valence-electron chi connectivity index (χ4n) is 2.42. The summed E-state index contributed by atoms with van der Waals surface area (Å²) in [6, 6.07) is 4.00. The van der Waals surface area contributed by atoms with E-state index in [1.165, 1.54) is 18.2 Å². The van der Waals surface area contributed by atoms with Crippen molar-refractivity contribution in [2.75, 3.05) is 0 Å². The molecule has 0 unspecified atom stereocenters. The molecule has 4 N–H and O–H groups in total. The Labute approximate surface area is 120 Å². The van der Waals surface area contributed by atoms with Crippen LogP contribution >= 0.6 is 0 Å². The van der Waals surface area contributed by atoms with E-state index in [4.69, 9.17) is 0 Å². The zero-order valence-corrected chi connectivity index (χ0v) is 12.0. The third-order valence-corrected chi connectivity index (χ3v) is 3.32. The number of aliphatic hydroxyl groups is 2. The molecule has 0 aliphatic carbocycles. The lowest BCUT2D eigenvalue weighted by Gasteiger charge is -2.29. The van der Waals surface area contributed by atoms with Gasteiger partial charge in [-0.3, -0.25) is 0 Å². The average molecular weight is 280 g/mol. The van der Waals surface area contributed by atoms with Gasteiger partial charge in [-0.05, 0) is 36.5 Å². The van der Waals surface area contributed by atoms with Gasteiger partial charge in [-0.1, -0.05) is 19.9 Å². The standard InChI is InChI=1S/C16H24O4/c1-4-5-15(19)14(6-10(2)3)16(20)11-7-12(17)9-13(18)8-11/h4,7-10,14-20H,1,5-6H2,2-3H3/t14-,15+,16-/m0/s1. The first-order chi connectivity index (χ1) is 9.35. The molecule has 0 saturated heterocycles. The Bertz CT molecular complexity index is 422. The Balaban J connectivity index is 3.01. The SMILES string of the molecule is C=CC[C@@H](O)[C@H](CC(C)C)[C@@H](O)c1cc(O)cc(O)c1. The van der Waals surface area contributed by atoms with E-state index in [0.29, 0.717) is 24.3 Å². The Morgan fingerprint density at radius 3 is 2.10 bits per heavy atom. The normalized spacial score (nSPS) is 15.8. The summed E-state index contributed by atoms with van der Waals surface area (Å²) < 4.78 is 0. The number of aliphatic hydroxyl groups excluding tert-OH is 2. The molecule has 0 heterocycles. The van der Waals surface area contributed by atoms with Crippen LogP contribution in [-0.4, -0.2) is 26.5 Å². The van der Waals surface area contributed by atoms with Crippen molar-refractivity contribution >= 4 is 0 Å². The molecule has 0 saturated carbocycles. The second kappa shape index (κ2) is 7.31. The van der Waals surface area contributed by atoms with E-state index in [0.717, 1.165) is 0 Å². The van der Waals surface area contributed by atoms with Gasteiger partial charge in [-0.15, -0.1) is 6.58 Å². The highest BCUT2D eigenvalue weighted by atomic mass is 16.3. The molecule has 0 spiro atoms. The molecule has 1 aromatic carbocycles. The van der Waals surface area contributed by atoms with E-state index in [1.54, 1.807) is 6.08 Å². The molecule has 20 heavy (non-hydrogen) atoms. The highest BCUT2D eigenvalue weighted by Crippen LogP contribution is 2.34. The molecular weight excluding hydrogens is 256 g/mol. The Hall–Kier alpha value is -1.52. The second-order valence-corrected chi connectivity index (χ2v) is 5.61. The van der Waals surface area contributed by atoms with Crippen molar-refractivity contribution in [2.45, 2.75) is 38.9 Å². The second-order valence-electron chi connectivity index (χ2n) is 5.61. The van der Waals surface area contributed by atoms with Crippen LogP contribution in [0.3, 0.4) is 0 Å². The molecule has 0 aliphatic rings. The van der Waals surface area contributed by atoms with Gasteiger partial charge in [0.1, 0.15) is 11.5 Å². The highest BCUT2D eigenvalue weighted by Gasteiger charge is 2.28. The molecule has 1 rings (SSSR count). The van der Waals surface area contributed by atoms with E-state index in [9.17, 15) is 20.4 Å². The Morgan fingerprint density at radius 2 is 1.65 bits per heavy atom. The molecule has 1 aromatic rings. The number of hydrogen-bond acceptors (Lipinski definition) is 4. The first-order valence-corrected chi connectivity index (χ1v) is 6.85. The van der Waals surface area contributed by atoms with Crippen LogP contribution in [0.15, 0.2) is 30.9 Å². The van der Waals surface area contributed by atoms with Gasteiger partial charge in [0.2, 0.25) is 0 Å². The highest BCUT2D eigenvalue weighted by molar-refractivity contribution is 5.37. The quantitative estimate of drug-likeness (QED) is 0.579. The third kappa shape index (κ3) is 4.54. The third-order valence-electron chi connectivity index (χ3n) is 3.32. The summed E-state index contributed by atoms with van der Waals surface area (Å²) in [5, 5.41) is 39.6. The van der Waals surface area contributed by atoms with Crippen LogP contribution in [0.5, 0.6) is 11.5 Å². The zero-order chi connectivity index (χ0) is 15.3. The van der Waals surface area contributed by atoms with Gasteiger partial charge >= 0.3 is 0 Å². The first-order valence-electron chi connectivity index (χ1n) is 6.85. The van der Waals surface area contributed by atoms with E-state index in [1.807, 2.05) is 13.8 Å². The number of aromatic hydroxyl groups is 2. The van der Waals surface area contributed by atoms with Crippen molar-refractivity contribution in [3.05, 3.63) is 36.4 Å². The zero-order valence-electron chi connectivity index (χ0n) is 12.0. The fourth-order valence-corrected chi connectivity index (χ4v) is 2.42. The number of phenolic OH excluding ortho intramolecular Hbond substituents is 2. The molecule has 0 radical (unpaired) electrons. The largest absolute Gasteiger partial charge is 0.508 e. The van der Waals surface area contributed by atoms with Crippen molar-refractivity contribution in [1.82, 2.24) is 0 Å². The average Bonchev–Trinajstić information content (AvgIpc) is 2.34. The Morgan fingerprint density at radius 1 is 1.10 bits per heavy atom. The van der Waals surface area contributed by atoms with Crippen molar-refractivity contribution in [1.29, 1.82) is 0 Å². The summed E-state index contributed by atoms with van der Waals surface area (Å²) in [7, 11) is 0. The maximum Gasteiger partial charge on any atom is 0.119 e. The number of phenols is 2. The van der Waals surface area contributed by atoms with Gasteiger partial charge in [0, 0.05) is 12.0 Å². The summed E-state index contributed by atoms with van der Waals surface area (Å²) in [5.41, 5.74) is 0.399. The number of rotatable bonds is 7. The fraction of sp³-hybridized carbons (Fsp3) is 0.500. The predicted octanol–water partition coefficient (Wildman–Crippen LogP) is 2.73. The summed E-state index contributed by atoms with van der Waals surface area (Å²) in [6.07, 6.45) is 0.968. The van der Waals surface area contributed by atoms with E-state index in [2.05, 4.69) is 6.58 Å². The van der Waals surface area contributed by atoms with Gasteiger partial charge in [0.05, 0.1) is 12.2 Å². The van der Waals surface area contributed by atoms with Crippen LogP contribution in [0.2, 0.25) is 0 Å². The van der Waals surface area contributed by atoms with Crippen molar-refractivity contribution in [2.24, 2.45) is 11.8 Å². The van der Waals surface area contributed by atoms with Crippen molar-refractivity contribution in [3.63, 3.8) is 0 Å². The number of benzene rings is 1. The topological polar surface area (TPSA) is 80.9 Å². The van der Waals surface area contributed by atoms with Gasteiger partial charge in [-0.2, -0.15) is 0 Å². The molecular formula is C16H24O4. The van der Waals surface area contributed by atoms with Gasteiger partial charge < -0.3 is 20.4 Å². The minimum absolute atomic E-state index is 0.111. The molecule has 0 aliphatic heterocycles. The molecule has 112 valence electrons. The van der Waals surface area contributed by atoms with Crippen molar-refractivity contribution in [3.8, 4) is 11.5 Å². The van der Waals surface area contributed by atoms with Crippen LogP contribution < -0.4 is 0 Å². The maximum absolute atomic E-state index is 10.5. The lowest BCUT2D eigenvalue weighted by Crippen LogP contribution is -2.27.